The zero-order valence-corrected chi connectivity index (χ0v) is 22.3. The van der Waals surface area contributed by atoms with E-state index >= 15 is 0 Å². The van der Waals surface area contributed by atoms with Crippen LogP contribution in [-0.2, 0) is 28.5 Å². The molecule has 0 spiro atoms. The van der Waals surface area contributed by atoms with Gasteiger partial charge in [0.2, 0.25) is 0 Å². The van der Waals surface area contributed by atoms with Crippen molar-refractivity contribution in [2.45, 2.75) is 84.1 Å². The molecule has 0 aromatic heterocycles. The smallest absolute Gasteiger partial charge is 0.317 e. The van der Waals surface area contributed by atoms with E-state index < -0.39 is 47.0 Å². The highest BCUT2D eigenvalue weighted by Gasteiger charge is 2.84. The molecular weight excluding hydrogens is 464 g/mol. The maximum atomic E-state index is 14.0. The number of hydrogen-bond donors (Lipinski definition) is 2. The molecule has 202 valence electrons. The van der Waals surface area contributed by atoms with Crippen molar-refractivity contribution < 1.29 is 38.7 Å². The van der Waals surface area contributed by atoms with Crippen molar-refractivity contribution in [3.63, 3.8) is 0 Å². The first kappa shape index (κ1) is 26.3. The van der Waals surface area contributed by atoms with E-state index in [1.807, 2.05) is 0 Å². The molecule has 2 N–H and O–H groups in total. The normalized spacial score (nSPS) is 51.2. The number of aliphatic hydroxyl groups excluding tert-OH is 2. The third kappa shape index (κ3) is 2.99. The number of fused-ring (bicyclic) bond motifs is 2. The van der Waals surface area contributed by atoms with Gasteiger partial charge in [-0.15, -0.1) is 0 Å². The summed E-state index contributed by atoms with van der Waals surface area (Å²) in [5.41, 5.74) is -1.65. The Bertz CT molecular complexity index is 933. The van der Waals surface area contributed by atoms with Crippen molar-refractivity contribution in [2.75, 3.05) is 20.8 Å². The number of ether oxygens (including phenoxy) is 4. The molecule has 8 heteroatoms. The molecule has 12 unspecified atom stereocenters. The van der Waals surface area contributed by atoms with Crippen molar-refractivity contribution in [1.82, 2.24) is 0 Å². The van der Waals surface area contributed by atoms with Crippen LogP contribution in [-0.4, -0.2) is 74.0 Å². The third-order valence-corrected chi connectivity index (χ3v) is 10.8. The van der Waals surface area contributed by atoms with E-state index in [0.29, 0.717) is 18.3 Å². The number of hydrogen-bond acceptors (Lipinski definition) is 8. The third-order valence-electron chi connectivity index (χ3n) is 10.8. The van der Waals surface area contributed by atoms with Crippen molar-refractivity contribution in [1.29, 1.82) is 0 Å². The second kappa shape index (κ2) is 8.87. The van der Waals surface area contributed by atoms with E-state index in [4.69, 9.17) is 18.9 Å². The van der Waals surface area contributed by atoms with Crippen molar-refractivity contribution in [2.24, 2.45) is 45.8 Å². The number of carbonyl (C=O) groups excluding carboxylic acids is 2. The van der Waals surface area contributed by atoms with E-state index in [1.54, 1.807) is 6.92 Å². The van der Waals surface area contributed by atoms with Crippen LogP contribution in [0.3, 0.4) is 0 Å². The number of rotatable bonds is 7. The fraction of sp³-hybridized carbons (Fsp3) is 0.857. The summed E-state index contributed by atoms with van der Waals surface area (Å²) in [7, 11) is 2.88. The van der Waals surface area contributed by atoms with Crippen LogP contribution in [0.2, 0.25) is 0 Å². The number of esters is 1. The Morgan fingerprint density at radius 2 is 1.92 bits per heavy atom. The maximum absolute atomic E-state index is 14.0. The molecule has 5 rings (SSSR count). The Kier molecular flexibility index (Phi) is 6.48. The fourth-order valence-corrected chi connectivity index (χ4v) is 9.47. The van der Waals surface area contributed by atoms with Crippen LogP contribution in [0.5, 0.6) is 0 Å². The van der Waals surface area contributed by atoms with Gasteiger partial charge in [0.05, 0.1) is 25.2 Å². The van der Waals surface area contributed by atoms with Gasteiger partial charge in [0.1, 0.15) is 30.0 Å². The highest BCUT2D eigenvalue weighted by molar-refractivity contribution is 5.91. The lowest BCUT2D eigenvalue weighted by Crippen LogP contribution is -2.64. The first-order chi connectivity index (χ1) is 17.1. The van der Waals surface area contributed by atoms with Gasteiger partial charge in [0.15, 0.2) is 6.29 Å². The molecule has 1 heterocycles. The Balaban J connectivity index is 1.59. The van der Waals surface area contributed by atoms with E-state index in [9.17, 15) is 19.8 Å². The molecule has 0 radical (unpaired) electrons. The number of aldehydes is 1. The minimum atomic E-state index is -1.30. The minimum Gasteiger partial charge on any atom is -0.468 e. The van der Waals surface area contributed by atoms with Gasteiger partial charge in [-0.1, -0.05) is 38.8 Å². The monoisotopic (exact) mass is 506 g/mol. The molecule has 4 fully saturated rings. The van der Waals surface area contributed by atoms with Crippen molar-refractivity contribution >= 4 is 12.3 Å². The van der Waals surface area contributed by atoms with E-state index in [1.165, 1.54) is 14.2 Å². The van der Waals surface area contributed by atoms with E-state index in [0.717, 1.165) is 31.1 Å². The van der Waals surface area contributed by atoms with Gasteiger partial charge in [-0.05, 0) is 55.8 Å². The molecule has 4 aliphatic carbocycles. The first-order valence-electron chi connectivity index (χ1n) is 13.5. The molecule has 36 heavy (non-hydrogen) atoms. The van der Waals surface area contributed by atoms with Gasteiger partial charge < -0.3 is 34.0 Å². The second-order valence-electron chi connectivity index (χ2n) is 12.4. The number of aliphatic hydroxyl groups is 2. The van der Waals surface area contributed by atoms with Gasteiger partial charge in [-0.3, -0.25) is 4.79 Å². The lowest BCUT2D eigenvalue weighted by molar-refractivity contribution is -0.307. The van der Waals surface area contributed by atoms with Crippen LogP contribution >= 0.6 is 0 Å². The zero-order chi connectivity index (χ0) is 26.2. The van der Waals surface area contributed by atoms with Crippen LogP contribution in [0.15, 0.2) is 11.6 Å². The minimum absolute atomic E-state index is 0.0215. The maximum Gasteiger partial charge on any atom is 0.317 e. The van der Waals surface area contributed by atoms with Gasteiger partial charge >= 0.3 is 5.97 Å². The Morgan fingerprint density at radius 1 is 1.19 bits per heavy atom. The molecule has 3 saturated carbocycles. The highest BCUT2D eigenvalue weighted by atomic mass is 16.7. The summed E-state index contributed by atoms with van der Waals surface area (Å²) in [5.74, 6) is 0.571. The standard InChI is InChI=1S/C28H42O8/c1-14(2)20-9-17-10-26(12-29)19-8-7-15(3)18(19)11-27(17,28(20,26)25(32)34-6)13-35-24-22(31)21(30)23(33-5)16(4)36-24/h9,12,14-19,21-24,30-31H,7-8,10-11,13H2,1-6H3. The molecule has 4 bridgehead atoms. The largest absolute Gasteiger partial charge is 0.468 e. The SMILES string of the molecule is COC(=O)C12C(C(C)C)=CC3CC1(C=O)C1CCC(C)C1CC32COC1OC(C)C(OC)C(O)C1O. The second-order valence-corrected chi connectivity index (χ2v) is 12.4. The zero-order valence-electron chi connectivity index (χ0n) is 22.3. The summed E-state index contributed by atoms with van der Waals surface area (Å²) in [6.07, 6.45) is 1.94. The predicted molar refractivity (Wildman–Crippen MR) is 129 cm³/mol. The average Bonchev–Trinajstić information content (AvgIpc) is 3.42. The Morgan fingerprint density at radius 3 is 2.53 bits per heavy atom. The van der Waals surface area contributed by atoms with E-state index in [-0.39, 0.29) is 30.3 Å². The molecule has 0 aromatic rings. The fourth-order valence-electron chi connectivity index (χ4n) is 9.47. The van der Waals surface area contributed by atoms with Crippen LogP contribution < -0.4 is 0 Å². The molecule has 1 aliphatic heterocycles. The van der Waals surface area contributed by atoms with Crippen molar-refractivity contribution in [3.05, 3.63) is 11.6 Å². The van der Waals surface area contributed by atoms with Crippen LogP contribution in [0, 0.1) is 45.8 Å². The summed E-state index contributed by atoms with van der Waals surface area (Å²) in [6, 6.07) is 0. The lowest BCUT2D eigenvalue weighted by atomic mass is 9.43. The molecule has 0 amide bonds. The molecule has 8 nitrogen and oxygen atoms in total. The summed E-state index contributed by atoms with van der Waals surface area (Å²) >= 11 is 0. The number of carbonyl (C=O) groups is 2. The summed E-state index contributed by atoms with van der Waals surface area (Å²) in [5, 5.41) is 21.4. The highest BCUT2D eigenvalue weighted by Crippen LogP contribution is 2.82. The van der Waals surface area contributed by atoms with Gasteiger partial charge in [0.25, 0.3) is 0 Å². The molecule has 0 aromatic carbocycles. The summed E-state index contributed by atoms with van der Waals surface area (Å²) in [4.78, 5) is 27.3. The topological polar surface area (TPSA) is 112 Å². The summed E-state index contributed by atoms with van der Waals surface area (Å²) in [6.45, 7) is 8.30. The van der Waals surface area contributed by atoms with Crippen LogP contribution in [0.4, 0.5) is 0 Å². The predicted octanol–water partition coefficient (Wildman–Crippen LogP) is 2.50. The van der Waals surface area contributed by atoms with E-state index in [2.05, 4.69) is 26.8 Å². The molecule has 5 aliphatic rings. The Hall–Kier alpha value is -1.32. The van der Waals surface area contributed by atoms with Gasteiger partial charge in [0, 0.05) is 12.5 Å². The van der Waals surface area contributed by atoms with Gasteiger partial charge in [-0.25, -0.2) is 0 Å². The first-order valence-corrected chi connectivity index (χ1v) is 13.5. The molecule has 12 atom stereocenters. The number of allylic oxidation sites excluding steroid dienone is 1. The Labute approximate surface area is 213 Å². The van der Waals surface area contributed by atoms with Crippen LogP contribution in [0.1, 0.15) is 53.4 Å². The molecular formula is C28H42O8. The molecule has 1 saturated heterocycles. The quantitative estimate of drug-likeness (QED) is 0.308. The van der Waals surface area contributed by atoms with Gasteiger partial charge in [-0.2, -0.15) is 0 Å². The number of methoxy groups -OCH3 is 2. The van der Waals surface area contributed by atoms with Crippen LogP contribution in [0.25, 0.3) is 0 Å². The summed E-state index contributed by atoms with van der Waals surface area (Å²) < 4.78 is 23.2. The van der Waals surface area contributed by atoms with Crippen molar-refractivity contribution in [3.8, 4) is 0 Å². The lowest BCUT2D eigenvalue weighted by Gasteiger charge is -2.59. The average molecular weight is 507 g/mol.